The molecular weight excluding hydrogens is 624 g/mol. The van der Waals surface area contributed by atoms with Gasteiger partial charge in [-0.1, -0.05) is 11.6 Å². The van der Waals surface area contributed by atoms with E-state index in [1.54, 1.807) is 21.6 Å². The zero-order valence-electron chi connectivity index (χ0n) is 26.7. The molecule has 5 heterocycles. The fourth-order valence-electron chi connectivity index (χ4n) is 7.74. The molecule has 1 aromatic carbocycles. The second-order valence-corrected chi connectivity index (χ2v) is 14.7. The third-order valence-corrected chi connectivity index (χ3v) is 11.1. The van der Waals surface area contributed by atoms with Gasteiger partial charge in [0.2, 0.25) is 5.91 Å². The minimum Gasteiger partial charge on any atom is -0.348 e. The number of amides is 2. The van der Waals surface area contributed by atoms with Crippen LogP contribution < -0.4 is 11.1 Å². The predicted molar refractivity (Wildman–Crippen MR) is 176 cm³/mol. The molecule has 0 radical (unpaired) electrons. The highest BCUT2D eigenvalue weighted by Gasteiger charge is 2.44. The number of piperidine rings is 1. The van der Waals surface area contributed by atoms with Gasteiger partial charge in [0.25, 0.3) is 11.8 Å². The highest BCUT2D eigenvalue weighted by Crippen LogP contribution is 2.46. The lowest BCUT2D eigenvalue weighted by Crippen LogP contribution is -2.52. The molecule has 8 rings (SSSR count). The molecule has 2 bridgehead atoms. The van der Waals surface area contributed by atoms with Crippen LogP contribution in [-0.2, 0) is 11.3 Å². The average Bonchev–Trinajstić information content (AvgIpc) is 3.95. The van der Waals surface area contributed by atoms with Gasteiger partial charge < -0.3 is 25.1 Å². The quantitative estimate of drug-likeness (QED) is 0.256. The number of halogens is 3. The molecule has 248 valence electrons. The Morgan fingerprint density at radius 2 is 1.89 bits per heavy atom. The van der Waals surface area contributed by atoms with Crippen molar-refractivity contribution in [2.24, 2.45) is 17.6 Å². The van der Waals surface area contributed by atoms with Crippen molar-refractivity contribution in [2.45, 2.75) is 102 Å². The maximum absolute atomic E-state index is 15.8. The number of pyridine rings is 1. The number of rotatable bonds is 3. The van der Waals surface area contributed by atoms with Crippen LogP contribution in [0.3, 0.4) is 0 Å². The first kappa shape index (κ1) is 30.7. The maximum Gasteiger partial charge on any atom is 0.265 e. The van der Waals surface area contributed by atoms with Gasteiger partial charge in [0.15, 0.2) is 5.82 Å². The number of aromatic nitrogens is 4. The first-order chi connectivity index (χ1) is 22.5. The summed E-state index contributed by atoms with van der Waals surface area (Å²) in [5.74, 6) is -2.59. The Labute approximate surface area is 276 Å². The van der Waals surface area contributed by atoms with Gasteiger partial charge in [-0.25, -0.2) is 18.7 Å². The Balaban J connectivity index is 1.26. The molecule has 2 amide bonds. The van der Waals surface area contributed by atoms with Crippen molar-refractivity contribution in [1.82, 2.24) is 29.3 Å². The van der Waals surface area contributed by atoms with Gasteiger partial charge in [-0.2, -0.15) is 0 Å². The number of hydrogen-bond donors (Lipinski definition) is 2. The van der Waals surface area contributed by atoms with E-state index < -0.39 is 12.5 Å². The first-order valence-electron chi connectivity index (χ1n) is 17.0. The zero-order chi connectivity index (χ0) is 32.8. The molecule has 5 atom stereocenters. The Morgan fingerprint density at radius 3 is 2.68 bits per heavy atom. The molecule has 3 aromatic heterocycles. The summed E-state index contributed by atoms with van der Waals surface area (Å²) in [4.78, 5) is 38.3. The molecule has 1 saturated heterocycles. The molecule has 2 unspecified atom stereocenters. The summed E-state index contributed by atoms with van der Waals surface area (Å²) < 4.78 is 35.3. The van der Waals surface area contributed by atoms with Gasteiger partial charge in [-0.15, -0.1) is 0 Å². The van der Waals surface area contributed by atoms with Crippen molar-refractivity contribution >= 4 is 45.5 Å². The number of fused-ring (bicyclic) bond motifs is 3. The van der Waals surface area contributed by atoms with Crippen LogP contribution in [0.4, 0.5) is 8.78 Å². The monoisotopic (exact) mass is 663 g/mol. The Bertz CT molecular complexity index is 1920. The van der Waals surface area contributed by atoms with E-state index in [4.69, 9.17) is 27.3 Å². The van der Waals surface area contributed by atoms with Crippen LogP contribution in [0.1, 0.15) is 93.3 Å². The lowest BCUT2D eigenvalue weighted by Gasteiger charge is -2.37. The molecule has 0 spiro atoms. The molecule has 3 fully saturated rings. The van der Waals surface area contributed by atoms with E-state index in [0.717, 1.165) is 32.1 Å². The van der Waals surface area contributed by atoms with Crippen LogP contribution in [0.15, 0.2) is 30.3 Å². The summed E-state index contributed by atoms with van der Waals surface area (Å²) >= 11 is 6.96. The van der Waals surface area contributed by atoms with Crippen molar-refractivity contribution in [3.05, 3.63) is 46.6 Å². The zero-order valence-corrected chi connectivity index (χ0v) is 27.4. The van der Waals surface area contributed by atoms with Crippen molar-refractivity contribution < 1.29 is 18.4 Å². The van der Waals surface area contributed by atoms with Crippen LogP contribution in [0.5, 0.6) is 0 Å². The number of carbonyl (C=O) groups excluding carboxylic acids is 2. The Kier molecular flexibility index (Phi) is 7.36. The van der Waals surface area contributed by atoms with Gasteiger partial charge in [-0.3, -0.25) is 9.59 Å². The molecule has 4 aromatic rings. The number of likely N-dealkylation sites (tertiary alicyclic amines) is 1. The van der Waals surface area contributed by atoms with Crippen LogP contribution in [-0.4, -0.2) is 60.4 Å². The lowest BCUT2D eigenvalue weighted by atomic mass is 9.97. The summed E-state index contributed by atoms with van der Waals surface area (Å²) in [5, 5.41) is 4.20. The van der Waals surface area contributed by atoms with E-state index in [1.165, 1.54) is 0 Å². The summed E-state index contributed by atoms with van der Waals surface area (Å²) in [5.41, 5.74) is 9.53. The molecular formula is C35H40ClF2N7O2. The van der Waals surface area contributed by atoms with Crippen molar-refractivity contribution in [3.63, 3.8) is 0 Å². The van der Waals surface area contributed by atoms with Crippen molar-refractivity contribution in [2.75, 3.05) is 6.54 Å². The fraction of sp³-hybridized carbons (Fsp3) is 0.543. The smallest absolute Gasteiger partial charge is 0.265 e. The number of carbonyl (C=O) groups is 2. The van der Waals surface area contributed by atoms with Gasteiger partial charge in [0.05, 0.1) is 40.0 Å². The molecule has 2 saturated carbocycles. The van der Waals surface area contributed by atoms with Crippen molar-refractivity contribution in [1.29, 1.82) is 0 Å². The summed E-state index contributed by atoms with van der Waals surface area (Å²) in [7, 11) is 0. The minimum absolute atomic E-state index is 0.0326. The Hall–Kier alpha value is -3.57. The predicted octanol–water partition coefficient (Wildman–Crippen LogP) is 6.63. The summed E-state index contributed by atoms with van der Waals surface area (Å²) in [6, 6.07) is 8.62. The molecule has 2 aliphatic heterocycles. The van der Waals surface area contributed by atoms with Gasteiger partial charge in [-0.05, 0) is 95.0 Å². The normalized spacial score (nSPS) is 27.9. The number of imidazole rings is 1. The first-order valence-corrected chi connectivity index (χ1v) is 17.3. The van der Waals surface area contributed by atoms with Crippen LogP contribution in [0, 0.1) is 11.8 Å². The molecule has 4 aliphatic rings. The van der Waals surface area contributed by atoms with Crippen LogP contribution in [0.2, 0.25) is 5.02 Å². The third kappa shape index (κ3) is 5.49. The lowest BCUT2D eigenvalue weighted by molar-refractivity contribution is -0.123. The van der Waals surface area contributed by atoms with E-state index in [2.05, 4.69) is 9.88 Å². The fourth-order valence-corrected chi connectivity index (χ4v) is 8.05. The van der Waals surface area contributed by atoms with Gasteiger partial charge in [0.1, 0.15) is 5.65 Å². The number of hydrogen-bond acceptors (Lipinski definition) is 5. The van der Waals surface area contributed by atoms with Gasteiger partial charge in [0, 0.05) is 48.0 Å². The Morgan fingerprint density at radius 1 is 1.09 bits per heavy atom. The third-order valence-electron chi connectivity index (χ3n) is 10.8. The van der Waals surface area contributed by atoms with Crippen molar-refractivity contribution in [3.8, 4) is 11.5 Å². The number of nitrogens with one attached hydrogen (secondary N) is 1. The standard InChI is InChI=1S/C35H40ClF2N7O2/c1-18-27-10-7-21-16-29(44(31(21)41-27)17-35(37,38)11-3-5-20-13-24(20)33(46)40-18)32-42-28-15-22(14-25(36)30(28)45(32)23-8-9-23)34(47)43-12-4-6-26(39)19(43)2/h7,10,14-16,18-20,23-24,26H,3-6,8-9,11-13,17,39H2,1-2H3,(H,40,46)/t18?,19-,20?,24-,26-/m1/s1. The molecule has 9 nitrogen and oxygen atoms in total. The van der Waals surface area contributed by atoms with E-state index >= 15 is 8.78 Å². The molecule has 3 N–H and O–H groups in total. The maximum atomic E-state index is 15.8. The highest BCUT2D eigenvalue weighted by atomic mass is 35.5. The minimum atomic E-state index is -3.00. The largest absolute Gasteiger partial charge is 0.348 e. The van der Waals surface area contributed by atoms with Crippen LogP contribution >= 0.6 is 11.6 Å². The highest BCUT2D eigenvalue weighted by molar-refractivity contribution is 6.35. The number of alkyl halides is 2. The molecule has 12 heteroatoms. The average molecular weight is 664 g/mol. The summed E-state index contributed by atoms with van der Waals surface area (Å²) in [6.07, 6.45) is 4.97. The number of nitrogens with two attached hydrogens (primary N) is 1. The van der Waals surface area contributed by atoms with E-state index in [1.807, 2.05) is 32.0 Å². The second-order valence-electron chi connectivity index (χ2n) is 14.3. The van der Waals surface area contributed by atoms with E-state index in [0.29, 0.717) is 69.3 Å². The second kappa shape index (κ2) is 11.3. The van der Waals surface area contributed by atoms with E-state index in [9.17, 15) is 9.59 Å². The van der Waals surface area contributed by atoms with Gasteiger partial charge >= 0.3 is 0 Å². The summed E-state index contributed by atoms with van der Waals surface area (Å²) in [6.45, 7) is 3.93. The number of benzene rings is 1. The topological polar surface area (TPSA) is 111 Å². The molecule has 47 heavy (non-hydrogen) atoms. The SMILES string of the molecule is CC1NC(=O)[C@@H]2CC2CCCC(F)(F)Cn2c(-c3nc4cc(C(=O)N5CCC[C@@H](N)[C@H]5C)cc(Cl)c4n3C3CC3)cc3ccc1nc32. The van der Waals surface area contributed by atoms with Crippen LogP contribution in [0.25, 0.3) is 33.6 Å². The van der Waals surface area contributed by atoms with E-state index in [-0.39, 0.29) is 54.2 Å². The number of nitrogens with zero attached hydrogens (tertiary/aromatic N) is 5. The molecule has 2 aliphatic carbocycles.